The number of pyridine rings is 1. The monoisotopic (exact) mass is 580 g/mol. The van der Waals surface area contributed by atoms with Gasteiger partial charge in [-0.25, -0.2) is 18.2 Å². The lowest BCUT2D eigenvalue weighted by Gasteiger charge is -2.14. The molecule has 0 aliphatic carbocycles. The van der Waals surface area contributed by atoms with E-state index in [2.05, 4.69) is 32.3 Å². The van der Waals surface area contributed by atoms with Crippen LogP contribution >= 0.6 is 45.2 Å². The minimum Gasteiger partial charge on any atom is -0.477 e. The highest BCUT2D eigenvalue weighted by atomic mass is 127. The number of aromatic carboxylic acids is 1. The zero-order valence-electron chi connectivity index (χ0n) is 12.4. The van der Waals surface area contributed by atoms with Crippen LogP contribution in [0, 0.1) is 7.14 Å². The van der Waals surface area contributed by atoms with Crippen LogP contribution < -0.4 is 4.72 Å². The van der Waals surface area contributed by atoms with E-state index < -0.39 is 16.0 Å². The Hall–Kier alpha value is -1.47. The number of sulfonamides is 1. The smallest absolute Gasteiger partial charge is 0.354 e. The first kappa shape index (κ1) is 18.3. The lowest BCUT2D eigenvalue weighted by molar-refractivity contribution is 0.0691. The summed E-state index contributed by atoms with van der Waals surface area (Å²) >= 11 is 4.11. The highest BCUT2D eigenvalue weighted by molar-refractivity contribution is 14.1. The highest BCUT2D eigenvalue weighted by Crippen LogP contribution is 2.33. The molecule has 0 bridgehead atoms. The molecule has 25 heavy (non-hydrogen) atoms. The van der Waals surface area contributed by atoms with E-state index in [1.54, 1.807) is 24.3 Å². The Morgan fingerprint density at radius 1 is 1.04 bits per heavy atom. The fourth-order valence-electron chi connectivity index (χ4n) is 2.23. The molecule has 6 nitrogen and oxygen atoms in total. The van der Waals surface area contributed by atoms with Crippen LogP contribution in [0.15, 0.2) is 53.4 Å². The quantitative estimate of drug-likeness (QED) is 0.457. The van der Waals surface area contributed by atoms with Crippen molar-refractivity contribution in [2.24, 2.45) is 0 Å². The Kier molecular flexibility index (Phi) is 5.16. The second kappa shape index (κ2) is 7.03. The molecule has 0 aliphatic heterocycles. The van der Waals surface area contributed by atoms with E-state index in [1.807, 2.05) is 28.7 Å². The largest absolute Gasteiger partial charge is 0.477 e. The molecule has 1 heterocycles. The fourth-order valence-corrected chi connectivity index (χ4v) is 5.56. The summed E-state index contributed by atoms with van der Waals surface area (Å²) in [5.41, 5.74) is 0.420. The average Bonchev–Trinajstić information content (AvgIpc) is 2.59. The van der Waals surface area contributed by atoms with Crippen molar-refractivity contribution >= 4 is 77.8 Å². The molecule has 0 atom stereocenters. The van der Waals surface area contributed by atoms with Crippen LogP contribution in [0.1, 0.15) is 10.5 Å². The van der Waals surface area contributed by atoms with Crippen molar-refractivity contribution in [2.75, 3.05) is 4.72 Å². The van der Waals surface area contributed by atoms with Crippen LogP contribution in [-0.4, -0.2) is 24.5 Å². The van der Waals surface area contributed by atoms with Crippen LogP contribution in [-0.2, 0) is 10.0 Å². The summed E-state index contributed by atoms with van der Waals surface area (Å²) in [7, 11) is -3.82. The SMILES string of the molecule is O=C(O)c1ccc2c(I)cc(I)c(NS(=O)(=O)c3ccccc3)c2n1. The van der Waals surface area contributed by atoms with Crippen LogP contribution in [0.25, 0.3) is 10.9 Å². The predicted octanol–water partition coefficient (Wildman–Crippen LogP) is 3.94. The van der Waals surface area contributed by atoms with Gasteiger partial charge < -0.3 is 5.11 Å². The summed E-state index contributed by atoms with van der Waals surface area (Å²) in [6, 6.07) is 12.8. The number of nitrogens with one attached hydrogen (secondary N) is 1. The number of halogens is 2. The fraction of sp³-hybridized carbons (Fsp3) is 0. The summed E-state index contributed by atoms with van der Waals surface area (Å²) < 4.78 is 29.3. The molecular weight excluding hydrogens is 570 g/mol. The molecule has 2 aromatic carbocycles. The molecule has 1 aromatic heterocycles. The summed E-state index contributed by atoms with van der Waals surface area (Å²) in [6.45, 7) is 0. The molecule has 128 valence electrons. The molecule has 9 heteroatoms. The molecule has 0 saturated carbocycles. The van der Waals surface area contributed by atoms with E-state index in [-0.39, 0.29) is 16.3 Å². The number of carbonyl (C=O) groups is 1. The van der Waals surface area contributed by atoms with Gasteiger partial charge in [-0.3, -0.25) is 4.72 Å². The number of fused-ring (bicyclic) bond motifs is 1. The molecule has 0 saturated heterocycles. The van der Waals surface area contributed by atoms with Crippen molar-refractivity contribution in [2.45, 2.75) is 4.90 Å². The van der Waals surface area contributed by atoms with Gasteiger partial charge in [0, 0.05) is 12.5 Å². The third-order valence-corrected chi connectivity index (χ3v) is 6.50. The number of aromatic nitrogens is 1. The molecule has 3 aromatic rings. The lowest BCUT2D eigenvalue weighted by atomic mass is 10.2. The van der Waals surface area contributed by atoms with Crippen molar-refractivity contribution in [3.8, 4) is 0 Å². The van der Waals surface area contributed by atoms with Crippen LogP contribution in [0.3, 0.4) is 0 Å². The maximum Gasteiger partial charge on any atom is 0.354 e. The van der Waals surface area contributed by atoms with Crippen LogP contribution in [0.2, 0.25) is 0 Å². The molecule has 3 rings (SSSR count). The minimum atomic E-state index is -3.82. The normalized spacial score (nSPS) is 11.4. The number of hydrogen-bond donors (Lipinski definition) is 2. The number of carboxylic acid groups (broad SMARTS) is 1. The van der Waals surface area contributed by atoms with E-state index >= 15 is 0 Å². The second-order valence-corrected chi connectivity index (χ2v) is 9.04. The maximum atomic E-state index is 12.6. The van der Waals surface area contributed by atoms with Crippen molar-refractivity contribution in [1.82, 2.24) is 4.98 Å². The van der Waals surface area contributed by atoms with E-state index in [0.717, 1.165) is 3.57 Å². The number of benzene rings is 2. The second-order valence-electron chi connectivity index (χ2n) is 5.03. The van der Waals surface area contributed by atoms with Gasteiger partial charge in [-0.2, -0.15) is 0 Å². The summed E-state index contributed by atoms with van der Waals surface area (Å²) in [4.78, 5) is 15.5. The van der Waals surface area contributed by atoms with Crippen molar-refractivity contribution < 1.29 is 18.3 Å². The van der Waals surface area contributed by atoms with Crippen molar-refractivity contribution in [3.05, 3.63) is 61.4 Å². The van der Waals surface area contributed by atoms with Gasteiger partial charge in [-0.1, -0.05) is 18.2 Å². The lowest BCUT2D eigenvalue weighted by Crippen LogP contribution is -2.15. The molecule has 0 spiro atoms. The molecule has 0 amide bonds. The van der Waals surface area contributed by atoms with Gasteiger partial charge in [0.1, 0.15) is 5.69 Å². The van der Waals surface area contributed by atoms with E-state index in [4.69, 9.17) is 0 Å². The summed E-state index contributed by atoms with van der Waals surface area (Å²) in [5, 5.41) is 9.86. The average molecular weight is 580 g/mol. The van der Waals surface area contributed by atoms with E-state index in [1.165, 1.54) is 18.2 Å². The molecular formula is C16H10I2N2O4S. The number of rotatable bonds is 4. The van der Waals surface area contributed by atoms with Crippen molar-refractivity contribution in [3.63, 3.8) is 0 Å². The number of hydrogen-bond acceptors (Lipinski definition) is 4. The minimum absolute atomic E-state index is 0.117. The first-order valence-corrected chi connectivity index (χ1v) is 10.5. The van der Waals surface area contributed by atoms with Crippen molar-refractivity contribution in [1.29, 1.82) is 0 Å². The van der Waals surface area contributed by atoms with Gasteiger partial charge in [0.15, 0.2) is 0 Å². The van der Waals surface area contributed by atoms with E-state index in [0.29, 0.717) is 14.5 Å². The molecule has 2 N–H and O–H groups in total. The Labute approximate surface area is 171 Å². The van der Waals surface area contributed by atoms with Gasteiger partial charge >= 0.3 is 5.97 Å². The third kappa shape index (κ3) is 3.72. The number of carboxylic acids is 1. The van der Waals surface area contributed by atoms with Gasteiger partial charge in [0.25, 0.3) is 10.0 Å². The van der Waals surface area contributed by atoms with Gasteiger partial charge in [-0.15, -0.1) is 0 Å². The molecule has 0 unspecified atom stereocenters. The Balaban J connectivity index is 2.21. The van der Waals surface area contributed by atoms with Gasteiger partial charge in [0.2, 0.25) is 0 Å². The molecule has 0 radical (unpaired) electrons. The summed E-state index contributed by atoms with van der Waals surface area (Å²) in [5.74, 6) is -1.17. The third-order valence-electron chi connectivity index (χ3n) is 3.39. The zero-order chi connectivity index (χ0) is 18.2. The standard InChI is InChI=1S/C16H10I2N2O4S/c17-11-8-12(18)15(14-10(11)6-7-13(19-14)16(21)22)20-25(23,24)9-4-2-1-3-5-9/h1-8,20H,(H,21,22). The Morgan fingerprint density at radius 2 is 1.72 bits per heavy atom. The predicted molar refractivity (Wildman–Crippen MR) is 111 cm³/mol. The first-order chi connectivity index (χ1) is 11.8. The molecule has 0 fully saturated rings. The van der Waals surface area contributed by atoms with Crippen LogP contribution in [0.4, 0.5) is 5.69 Å². The van der Waals surface area contributed by atoms with E-state index in [9.17, 15) is 18.3 Å². The maximum absolute atomic E-state index is 12.6. The first-order valence-electron chi connectivity index (χ1n) is 6.89. The highest BCUT2D eigenvalue weighted by Gasteiger charge is 2.20. The Morgan fingerprint density at radius 3 is 2.36 bits per heavy atom. The molecule has 0 aliphatic rings. The Bertz CT molecular complexity index is 1090. The number of anilines is 1. The topological polar surface area (TPSA) is 96.4 Å². The van der Waals surface area contributed by atoms with Crippen LogP contribution in [0.5, 0.6) is 0 Å². The van der Waals surface area contributed by atoms with Gasteiger partial charge in [0.05, 0.1) is 16.1 Å². The van der Waals surface area contributed by atoms with Gasteiger partial charge in [-0.05, 0) is 75.5 Å². The zero-order valence-corrected chi connectivity index (χ0v) is 17.5. The number of nitrogens with zero attached hydrogens (tertiary/aromatic N) is 1. The summed E-state index contributed by atoms with van der Waals surface area (Å²) in [6.07, 6.45) is 0.